The smallest absolute Gasteiger partial charge is 0.349 e. The van der Waals surface area contributed by atoms with E-state index in [9.17, 15) is 34.8 Å². The van der Waals surface area contributed by atoms with Crippen molar-refractivity contribution < 1.29 is 53.8 Å². The minimum Gasteiger partial charge on any atom is -0.507 e. The molecule has 8 aliphatic rings. The van der Waals surface area contributed by atoms with Gasteiger partial charge in [0.1, 0.15) is 17.1 Å². The molecule has 234 valence electrons. The number of carbonyl (C=O) groups is 3. The van der Waals surface area contributed by atoms with Gasteiger partial charge in [-0.05, 0) is 74.4 Å². The van der Waals surface area contributed by atoms with Crippen LogP contribution in [0.4, 0.5) is 0 Å². The van der Waals surface area contributed by atoms with Crippen molar-refractivity contribution in [2.24, 2.45) is 22.2 Å². The summed E-state index contributed by atoms with van der Waals surface area (Å²) in [5.41, 5.74) is -7.33. The maximum atomic E-state index is 14.2. The molecule has 1 saturated heterocycles. The Morgan fingerprint density at radius 2 is 1.84 bits per heavy atom. The van der Waals surface area contributed by atoms with Crippen LogP contribution < -0.4 is 4.74 Å². The first-order valence-corrected chi connectivity index (χ1v) is 15.1. The monoisotopic (exact) mass is 628 g/mol. The van der Waals surface area contributed by atoms with E-state index < -0.39 is 86.3 Å². The van der Waals surface area contributed by atoms with Gasteiger partial charge < -0.3 is 39.4 Å². The molecule has 4 saturated carbocycles. The van der Waals surface area contributed by atoms with Gasteiger partial charge in [-0.1, -0.05) is 13.0 Å². The molecule has 11 nitrogen and oxygen atoms in total. The van der Waals surface area contributed by atoms with Gasteiger partial charge in [0, 0.05) is 17.3 Å². The van der Waals surface area contributed by atoms with Crippen molar-refractivity contribution >= 4 is 29.3 Å². The molecular weight excluding hydrogens is 596 g/mol. The van der Waals surface area contributed by atoms with Crippen LogP contribution in [0.2, 0.25) is 0 Å². The minimum atomic E-state index is -2.74. The van der Waals surface area contributed by atoms with Crippen LogP contribution in [-0.2, 0) is 23.8 Å². The second kappa shape index (κ2) is 7.70. The van der Waals surface area contributed by atoms with Crippen LogP contribution in [0.5, 0.6) is 11.5 Å². The predicted octanol–water partition coefficient (Wildman–Crippen LogP) is 1.98. The van der Waals surface area contributed by atoms with Gasteiger partial charge in [0.05, 0.1) is 31.0 Å². The fourth-order valence-corrected chi connectivity index (χ4v) is 10.5. The predicted molar refractivity (Wildman–Crippen MR) is 150 cm³/mol. The topological polar surface area (TPSA) is 169 Å². The van der Waals surface area contributed by atoms with Crippen LogP contribution in [0.1, 0.15) is 56.0 Å². The second-order valence-electron chi connectivity index (χ2n) is 14.5. The van der Waals surface area contributed by atoms with E-state index in [0.29, 0.717) is 12.0 Å². The number of allylic oxidation sites excluding steroid dienone is 1. The number of rotatable bonds is 2. The number of ether oxygens (including phenoxy) is 4. The number of alkyl halides is 1. The third kappa shape index (κ3) is 2.61. The van der Waals surface area contributed by atoms with Crippen LogP contribution in [0.3, 0.4) is 0 Å². The largest absolute Gasteiger partial charge is 0.507 e. The summed E-state index contributed by atoms with van der Waals surface area (Å²) in [5, 5.41) is 46.4. The number of phenolic OH excluding ortho intramolecular Hbond substituents is 1. The summed E-state index contributed by atoms with van der Waals surface area (Å²) >= 11 is 7.38. The van der Waals surface area contributed by atoms with E-state index in [4.69, 9.17) is 30.5 Å². The SMILES string of the molecule is COC(=O)[C@]12CC(=O)[C@@]3(Cl)[C@](O)(C(C4=C[C@H](O)[C@H](O)[C@]56C[C@H]5C(C)(C)O[C@H]46)=C[C@@]3(C)C1)[C@]21OC(=O)c2c(O)cc(C)cc2O1. The van der Waals surface area contributed by atoms with Crippen LogP contribution in [-0.4, -0.2) is 85.4 Å². The van der Waals surface area contributed by atoms with Gasteiger partial charge in [0.25, 0.3) is 0 Å². The quantitative estimate of drug-likeness (QED) is 0.279. The zero-order valence-corrected chi connectivity index (χ0v) is 25.5. The highest BCUT2D eigenvalue weighted by molar-refractivity contribution is 6.39. The zero-order valence-electron chi connectivity index (χ0n) is 24.8. The molecule has 5 fully saturated rings. The van der Waals surface area contributed by atoms with E-state index >= 15 is 0 Å². The molecule has 1 aromatic rings. The van der Waals surface area contributed by atoms with Gasteiger partial charge in [-0.15, -0.1) is 11.6 Å². The molecule has 2 aliphatic heterocycles. The Bertz CT molecular complexity index is 1700. The first-order valence-electron chi connectivity index (χ1n) is 14.7. The number of phenols is 1. The number of benzene rings is 1. The van der Waals surface area contributed by atoms with E-state index in [1.165, 1.54) is 18.2 Å². The van der Waals surface area contributed by atoms with Gasteiger partial charge in [-0.3, -0.25) is 9.59 Å². The summed E-state index contributed by atoms with van der Waals surface area (Å²) in [6.07, 6.45) is -0.619. The third-order valence-corrected chi connectivity index (χ3v) is 12.8. The van der Waals surface area contributed by atoms with Gasteiger partial charge in [0.15, 0.2) is 21.7 Å². The van der Waals surface area contributed by atoms with Gasteiger partial charge in [-0.25, -0.2) is 4.79 Å². The number of carbonyl (C=O) groups excluding carboxylic acids is 3. The van der Waals surface area contributed by atoms with Crippen molar-refractivity contribution in [3.8, 4) is 11.5 Å². The van der Waals surface area contributed by atoms with Gasteiger partial charge >= 0.3 is 17.7 Å². The molecule has 9 rings (SSSR count). The number of aryl methyl sites for hydroxylation is 1. The second-order valence-corrected chi connectivity index (χ2v) is 15.1. The van der Waals surface area contributed by atoms with Crippen molar-refractivity contribution in [3.63, 3.8) is 0 Å². The highest BCUT2D eigenvalue weighted by Gasteiger charge is 2.94. The van der Waals surface area contributed by atoms with Crippen molar-refractivity contribution in [2.45, 2.75) is 87.1 Å². The fraction of sp³-hybridized carbons (Fsp3) is 0.594. The number of hydrogen-bond acceptors (Lipinski definition) is 11. The van der Waals surface area contributed by atoms with Crippen LogP contribution in [0, 0.1) is 29.1 Å². The summed E-state index contributed by atoms with van der Waals surface area (Å²) in [5.74, 6) is -6.10. The number of aliphatic hydroxyl groups excluding tert-OH is 2. The molecule has 0 unspecified atom stereocenters. The summed E-state index contributed by atoms with van der Waals surface area (Å²) in [4.78, 5) is 39.7. The fourth-order valence-electron chi connectivity index (χ4n) is 10.1. The van der Waals surface area contributed by atoms with Gasteiger partial charge in [0.2, 0.25) is 0 Å². The molecule has 0 aromatic heterocycles. The van der Waals surface area contributed by atoms with E-state index in [-0.39, 0.29) is 34.8 Å². The van der Waals surface area contributed by atoms with Crippen molar-refractivity contribution in [2.75, 3.05) is 7.11 Å². The average Bonchev–Trinajstić information content (AvgIpc) is 3.61. The standard InChI is InChI=1S/C32H33ClO11/c1-13-6-16(34)21-18(7-13)42-32(44-24(21)38)28(25(39)41-5)11-20(36)30(33)27(4,12-28)9-15(31(30,32)40)14-8-17(35)22(37)29-10-19(29)26(2,3)43-23(14)29/h6-9,17,19,22-23,34-35,37,40H,10-12H2,1-5H3/t17-,19-,22-,23+,27-,28-,29-,30-,31+,32+/m0/s1. The lowest BCUT2D eigenvalue weighted by atomic mass is 9.43. The van der Waals surface area contributed by atoms with Crippen molar-refractivity contribution in [1.29, 1.82) is 0 Å². The van der Waals surface area contributed by atoms with Gasteiger partial charge in [-0.2, -0.15) is 0 Å². The minimum absolute atomic E-state index is 0.000582. The number of aliphatic hydroxyl groups is 3. The number of esters is 2. The maximum Gasteiger partial charge on any atom is 0.349 e. The summed E-state index contributed by atoms with van der Waals surface area (Å²) in [6, 6.07) is 2.80. The number of methoxy groups -OCH3 is 1. The summed E-state index contributed by atoms with van der Waals surface area (Å²) in [7, 11) is 1.12. The molecule has 4 N–H and O–H groups in total. The number of aromatic hydroxyl groups is 1. The normalized spacial score (nSPS) is 48.5. The Hall–Kier alpha value is -2.96. The number of fused-ring (bicyclic) bond motifs is 2. The first-order chi connectivity index (χ1) is 20.4. The third-order valence-electron chi connectivity index (χ3n) is 11.9. The Labute approximate surface area is 257 Å². The Morgan fingerprint density at radius 3 is 2.50 bits per heavy atom. The van der Waals surface area contributed by atoms with Crippen LogP contribution in [0.25, 0.3) is 0 Å². The Kier molecular flexibility index (Phi) is 4.99. The lowest BCUT2D eigenvalue weighted by Crippen LogP contribution is -2.88. The molecular formula is C32H33ClO11. The zero-order chi connectivity index (χ0) is 31.8. The molecule has 44 heavy (non-hydrogen) atoms. The van der Waals surface area contributed by atoms with Crippen molar-refractivity contribution in [3.05, 3.63) is 46.6 Å². The number of halogens is 1. The van der Waals surface area contributed by atoms with Crippen LogP contribution in [0.15, 0.2) is 35.4 Å². The molecule has 4 bridgehead atoms. The first kappa shape index (κ1) is 28.5. The van der Waals surface area contributed by atoms with Crippen LogP contribution >= 0.6 is 11.6 Å². The average molecular weight is 629 g/mol. The molecule has 0 amide bonds. The highest BCUT2D eigenvalue weighted by atomic mass is 35.5. The molecule has 1 aromatic carbocycles. The molecule has 10 atom stereocenters. The molecule has 6 aliphatic carbocycles. The van der Waals surface area contributed by atoms with E-state index in [0.717, 1.165) is 7.11 Å². The Balaban J connectivity index is 1.42. The molecule has 2 heterocycles. The lowest BCUT2D eigenvalue weighted by molar-refractivity contribution is -0.343. The van der Waals surface area contributed by atoms with E-state index in [2.05, 4.69) is 0 Å². The number of hydrogen-bond donors (Lipinski definition) is 4. The van der Waals surface area contributed by atoms with Crippen molar-refractivity contribution in [1.82, 2.24) is 0 Å². The molecule has 0 radical (unpaired) electrons. The number of Topliss-reactive ketones (excluding diaryl/α,β-unsaturated/α-hetero) is 1. The Morgan fingerprint density at radius 1 is 1.14 bits per heavy atom. The molecule has 12 heteroatoms. The maximum absolute atomic E-state index is 14.2. The summed E-state index contributed by atoms with van der Waals surface area (Å²) in [6.45, 7) is 7.07. The number of ketones is 1. The van der Waals surface area contributed by atoms with E-state index in [1.54, 1.807) is 19.9 Å². The highest BCUT2D eigenvalue weighted by Crippen LogP contribution is 2.79. The van der Waals surface area contributed by atoms with E-state index in [1.807, 2.05) is 13.8 Å². The molecule has 2 spiro atoms. The lowest BCUT2D eigenvalue weighted by Gasteiger charge is -2.68. The summed E-state index contributed by atoms with van der Waals surface area (Å²) < 4.78 is 24.3.